The minimum absolute atomic E-state index is 0.120. The summed E-state index contributed by atoms with van der Waals surface area (Å²) >= 11 is 0.904. The standard InChI is InChI=1S/C41H32N2O8S2/c1-2-27(19-40-42(25-32-15-7-9-17-38(32)52-51-50-44)34-21-28-11-3-5-13-30(28)23-36(34)48-40)20-41-43(26-33-16-8-10-18-39(33)53(45,46)47)35-22-29-12-4-6-14-31(29)24-37(35)49-41/h3-24H,2,25-26H2,1H3,(H-,44,45,46,47)/p+1. The van der Waals surface area contributed by atoms with Crippen LogP contribution < -0.4 is 14.2 Å². The Morgan fingerprint density at radius 1 is 0.849 bits per heavy atom. The summed E-state index contributed by atoms with van der Waals surface area (Å²) in [5, 5.41) is 16.8. The van der Waals surface area contributed by atoms with Gasteiger partial charge in [-0.3, -0.25) is 4.55 Å². The lowest BCUT2D eigenvalue weighted by atomic mass is 10.1. The molecule has 1 aliphatic rings. The van der Waals surface area contributed by atoms with E-state index in [0.29, 0.717) is 41.6 Å². The van der Waals surface area contributed by atoms with Gasteiger partial charge in [-0.05, 0) is 69.4 Å². The number of hydrogen-bond donors (Lipinski definition) is 2. The number of ether oxygens (including phenoxy) is 1. The molecular formula is C41H33N2O8S2+. The molecular weight excluding hydrogens is 713 g/mol. The van der Waals surface area contributed by atoms with Gasteiger partial charge >= 0.3 is 5.89 Å². The molecule has 2 N–H and O–H groups in total. The zero-order chi connectivity index (χ0) is 36.5. The molecule has 1 aliphatic heterocycles. The van der Waals surface area contributed by atoms with E-state index in [1.165, 1.54) is 6.07 Å². The van der Waals surface area contributed by atoms with E-state index in [9.17, 15) is 13.0 Å². The molecule has 266 valence electrons. The summed E-state index contributed by atoms with van der Waals surface area (Å²) in [6, 6.07) is 38.3. The van der Waals surface area contributed by atoms with Crippen LogP contribution in [0.2, 0.25) is 0 Å². The highest BCUT2D eigenvalue weighted by Crippen LogP contribution is 2.43. The van der Waals surface area contributed by atoms with Gasteiger partial charge in [-0.1, -0.05) is 96.9 Å². The average molecular weight is 746 g/mol. The van der Waals surface area contributed by atoms with Crippen LogP contribution in [0.25, 0.3) is 38.7 Å². The minimum atomic E-state index is -4.48. The first kappa shape index (κ1) is 34.6. The number of fused-ring (bicyclic) bond motifs is 4. The van der Waals surface area contributed by atoms with Crippen LogP contribution in [0.3, 0.4) is 0 Å². The molecule has 10 nitrogen and oxygen atoms in total. The lowest BCUT2D eigenvalue weighted by molar-refractivity contribution is -0.669. The monoisotopic (exact) mass is 745 g/mol. The third kappa shape index (κ3) is 7.03. The van der Waals surface area contributed by atoms with Crippen molar-refractivity contribution in [1.82, 2.24) is 0 Å². The first-order valence-corrected chi connectivity index (χ1v) is 19.0. The Bertz CT molecular complexity index is 2690. The zero-order valence-electron chi connectivity index (χ0n) is 28.4. The molecule has 0 radical (unpaired) electrons. The van der Waals surface area contributed by atoms with E-state index in [-0.39, 0.29) is 11.4 Å². The molecule has 2 heterocycles. The Hall–Kier alpha value is -5.47. The first-order chi connectivity index (χ1) is 25.8. The highest BCUT2D eigenvalue weighted by Gasteiger charge is 2.30. The van der Waals surface area contributed by atoms with Crippen molar-refractivity contribution in [1.29, 1.82) is 0 Å². The Morgan fingerprint density at radius 2 is 1.49 bits per heavy atom. The maximum atomic E-state index is 12.4. The van der Waals surface area contributed by atoms with Crippen molar-refractivity contribution in [2.45, 2.75) is 36.2 Å². The number of anilines is 1. The lowest BCUT2D eigenvalue weighted by Crippen LogP contribution is -2.36. The van der Waals surface area contributed by atoms with Crippen LogP contribution in [0.1, 0.15) is 30.4 Å². The Morgan fingerprint density at radius 3 is 2.21 bits per heavy atom. The van der Waals surface area contributed by atoms with Crippen LogP contribution in [0.4, 0.5) is 5.69 Å². The van der Waals surface area contributed by atoms with E-state index < -0.39 is 10.1 Å². The molecule has 8 rings (SSSR count). The van der Waals surface area contributed by atoms with Crippen molar-refractivity contribution in [3.8, 4) is 5.75 Å². The van der Waals surface area contributed by atoms with E-state index in [1.54, 1.807) is 18.2 Å². The molecule has 0 fully saturated rings. The van der Waals surface area contributed by atoms with Gasteiger partial charge in [-0.25, -0.2) is 5.26 Å². The molecule has 0 amide bonds. The molecule has 53 heavy (non-hydrogen) atoms. The summed E-state index contributed by atoms with van der Waals surface area (Å²) in [6.45, 7) is 2.57. The number of allylic oxidation sites excluding steroid dienone is 2. The third-order valence-corrected chi connectivity index (χ3v) is 10.9. The fourth-order valence-corrected chi connectivity index (χ4v) is 7.86. The van der Waals surface area contributed by atoms with Crippen LogP contribution in [-0.2, 0) is 32.6 Å². The summed E-state index contributed by atoms with van der Waals surface area (Å²) in [4.78, 5) is 2.51. The predicted molar refractivity (Wildman–Crippen MR) is 203 cm³/mol. The number of benzene rings is 6. The third-order valence-electron chi connectivity index (χ3n) is 9.26. The van der Waals surface area contributed by atoms with Gasteiger partial charge in [-0.2, -0.15) is 13.0 Å². The van der Waals surface area contributed by atoms with E-state index in [2.05, 4.69) is 21.7 Å². The Kier molecular flexibility index (Phi) is 9.48. The molecule has 1 aromatic heterocycles. The smallest absolute Gasteiger partial charge is 0.374 e. The molecule has 0 bridgehead atoms. The van der Waals surface area contributed by atoms with Gasteiger partial charge < -0.3 is 14.1 Å². The van der Waals surface area contributed by atoms with Gasteiger partial charge in [0.25, 0.3) is 15.6 Å². The van der Waals surface area contributed by atoms with Crippen LogP contribution >= 0.6 is 12.0 Å². The van der Waals surface area contributed by atoms with Crippen molar-refractivity contribution in [2.24, 2.45) is 0 Å². The maximum Gasteiger partial charge on any atom is 0.374 e. The Balaban J connectivity index is 1.26. The molecule has 6 aromatic carbocycles. The average Bonchev–Trinajstić information content (AvgIpc) is 3.66. The molecule has 0 aliphatic carbocycles. The normalized spacial score (nSPS) is 14.1. The summed E-state index contributed by atoms with van der Waals surface area (Å²) in [6.07, 6.45) is 4.52. The van der Waals surface area contributed by atoms with E-state index in [0.717, 1.165) is 60.8 Å². The SMILES string of the molecule is CCC(=Cc1oc2cc3ccccc3cc2[n+]1Cc1ccccc1SOOO)C=C1Oc2cc3ccccc3cc2N1Cc1ccccc1S(=O)(=O)O. The molecule has 12 heteroatoms. The number of nitrogens with zero attached hydrogens (tertiary/aromatic N) is 2. The molecule has 0 saturated heterocycles. The predicted octanol–water partition coefficient (Wildman–Crippen LogP) is 9.48. The van der Waals surface area contributed by atoms with E-state index in [4.69, 9.17) is 18.7 Å². The quantitative estimate of drug-likeness (QED) is 0.0435. The second-order valence-electron chi connectivity index (χ2n) is 12.5. The topological polar surface area (TPSA) is 123 Å². The highest BCUT2D eigenvalue weighted by molar-refractivity contribution is 7.94. The molecule has 0 atom stereocenters. The summed E-state index contributed by atoms with van der Waals surface area (Å²) in [5.74, 6) is 1.71. The second kappa shape index (κ2) is 14.5. The fraction of sp³-hybridized carbons (Fsp3) is 0.0976. The molecule has 0 saturated carbocycles. The molecule has 0 spiro atoms. The zero-order valence-corrected chi connectivity index (χ0v) is 30.0. The van der Waals surface area contributed by atoms with Gasteiger partial charge in [0.2, 0.25) is 11.5 Å². The van der Waals surface area contributed by atoms with Crippen LogP contribution in [0.5, 0.6) is 5.75 Å². The van der Waals surface area contributed by atoms with E-state index >= 15 is 0 Å². The van der Waals surface area contributed by atoms with Crippen LogP contribution in [0.15, 0.2) is 153 Å². The number of hydrogen-bond acceptors (Lipinski definition) is 9. The van der Waals surface area contributed by atoms with Crippen molar-refractivity contribution < 1.29 is 41.3 Å². The number of rotatable bonds is 11. The largest absolute Gasteiger partial charge is 0.439 e. The van der Waals surface area contributed by atoms with Gasteiger partial charge in [0, 0.05) is 22.6 Å². The molecule has 7 aromatic rings. The Labute approximate surface area is 309 Å². The van der Waals surface area contributed by atoms with Gasteiger partial charge in [-0.15, -0.1) is 4.33 Å². The second-order valence-corrected chi connectivity index (χ2v) is 14.7. The van der Waals surface area contributed by atoms with Gasteiger partial charge in [0.1, 0.15) is 0 Å². The first-order valence-electron chi connectivity index (χ1n) is 16.8. The summed E-state index contributed by atoms with van der Waals surface area (Å²) in [5.41, 5.74) is 4.56. The van der Waals surface area contributed by atoms with Crippen molar-refractivity contribution in [3.05, 3.63) is 156 Å². The fourth-order valence-electron chi connectivity index (χ4n) is 6.67. The maximum absolute atomic E-state index is 12.4. The summed E-state index contributed by atoms with van der Waals surface area (Å²) in [7, 11) is -4.48. The number of oxazole rings is 1. The van der Waals surface area contributed by atoms with Crippen molar-refractivity contribution >= 4 is 66.6 Å². The summed E-state index contributed by atoms with van der Waals surface area (Å²) < 4.78 is 54.9. The minimum Gasteiger partial charge on any atom is -0.439 e. The van der Waals surface area contributed by atoms with Crippen molar-refractivity contribution in [2.75, 3.05) is 4.90 Å². The van der Waals surface area contributed by atoms with Gasteiger partial charge in [0.05, 0.1) is 35.2 Å². The van der Waals surface area contributed by atoms with E-state index in [1.807, 2.05) is 109 Å². The van der Waals surface area contributed by atoms with Gasteiger partial charge in [0.15, 0.2) is 12.3 Å². The number of aromatic nitrogens is 1. The van der Waals surface area contributed by atoms with Crippen LogP contribution in [0, 0.1) is 0 Å². The van der Waals surface area contributed by atoms with Crippen molar-refractivity contribution in [3.63, 3.8) is 0 Å². The lowest BCUT2D eigenvalue weighted by Gasteiger charge is -2.20. The highest BCUT2D eigenvalue weighted by atomic mass is 32.2. The van der Waals surface area contributed by atoms with Crippen LogP contribution in [-0.4, -0.2) is 18.2 Å². The molecule has 0 unspecified atom stereocenters.